The summed E-state index contributed by atoms with van der Waals surface area (Å²) < 4.78 is 11.2. The molecule has 0 atom stereocenters. The summed E-state index contributed by atoms with van der Waals surface area (Å²) in [6.07, 6.45) is 5.78. The molecular weight excluding hydrogens is 392 g/mol. The van der Waals surface area contributed by atoms with E-state index >= 15 is 0 Å². The molecule has 2 heterocycles. The second-order valence-electron chi connectivity index (χ2n) is 8.37. The van der Waals surface area contributed by atoms with Gasteiger partial charge in [0, 0.05) is 44.8 Å². The van der Waals surface area contributed by atoms with E-state index in [9.17, 15) is 10.2 Å². The molecular formula is C25H32N2O4. The molecule has 2 N–H and O–H groups in total. The van der Waals surface area contributed by atoms with Crippen molar-refractivity contribution >= 4 is 6.08 Å². The van der Waals surface area contributed by atoms with Crippen LogP contribution in [0.25, 0.3) is 6.08 Å². The quantitative estimate of drug-likeness (QED) is 0.742. The zero-order valence-corrected chi connectivity index (χ0v) is 18.2. The van der Waals surface area contributed by atoms with E-state index in [4.69, 9.17) is 9.47 Å². The molecule has 0 saturated carbocycles. The summed E-state index contributed by atoms with van der Waals surface area (Å²) in [6.45, 7) is 6.05. The van der Waals surface area contributed by atoms with Crippen LogP contribution in [-0.2, 0) is 13.1 Å². The first-order valence-electron chi connectivity index (χ1n) is 11.0. The van der Waals surface area contributed by atoms with Crippen LogP contribution in [0.5, 0.6) is 17.2 Å². The molecule has 2 aliphatic heterocycles. The number of phenolic OH excluding ortho intramolecular Hbond substituents is 1. The van der Waals surface area contributed by atoms with Crippen LogP contribution in [0.3, 0.4) is 0 Å². The maximum Gasteiger partial charge on any atom is 0.161 e. The number of hydrogen-bond acceptors (Lipinski definition) is 6. The summed E-state index contributed by atoms with van der Waals surface area (Å²) in [5.74, 6) is 1.61. The Labute approximate surface area is 184 Å². The van der Waals surface area contributed by atoms with Crippen molar-refractivity contribution in [2.75, 3.05) is 39.9 Å². The van der Waals surface area contributed by atoms with Crippen molar-refractivity contribution in [3.63, 3.8) is 0 Å². The molecule has 0 spiro atoms. The van der Waals surface area contributed by atoms with Gasteiger partial charge in [-0.2, -0.15) is 0 Å². The first kappa shape index (κ1) is 21.7. The maximum atomic E-state index is 9.74. The minimum atomic E-state index is -0.138. The number of fused-ring (bicyclic) bond motifs is 1. The lowest BCUT2D eigenvalue weighted by Gasteiger charge is -2.29. The van der Waals surface area contributed by atoms with Crippen molar-refractivity contribution in [2.45, 2.75) is 32.0 Å². The van der Waals surface area contributed by atoms with Crippen molar-refractivity contribution in [1.29, 1.82) is 0 Å². The first-order valence-corrected chi connectivity index (χ1v) is 11.0. The molecule has 6 heteroatoms. The minimum Gasteiger partial charge on any atom is -0.504 e. The third-order valence-corrected chi connectivity index (χ3v) is 6.02. The Hall–Kier alpha value is -2.54. The Morgan fingerprint density at radius 1 is 1.10 bits per heavy atom. The Morgan fingerprint density at radius 3 is 2.74 bits per heavy atom. The molecule has 0 bridgehead atoms. The van der Waals surface area contributed by atoms with Gasteiger partial charge in [0.25, 0.3) is 0 Å². The van der Waals surface area contributed by atoms with Crippen LogP contribution in [0.2, 0.25) is 0 Å². The Balaban J connectivity index is 1.38. The topological polar surface area (TPSA) is 65.4 Å². The van der Waals surface area contributed by atoms with E-state index in [0.29, 0.717) is 12.4 Å². The molecule has 0 amide bonds. The third-order valence-electron chi connectivity index (χ3n) is 6.02. The van der Waals surface area contributed by atoms with Gasteiger partial charge < -0.3 is 19.7 Å². The molecule has 0 radical (unpaired) electrons. The smallest absolute Gasteiger partial charge is 0.161 e. The molecule has 6 nitrogen and oxygen atoms in total. The average molecular weight is 425 g/mol. The monoisotopic (exact) mass is 424 g/mol. The SMILES string of the molecule is COc1cc(C=CCN2CCOc3ccc(CN4CCC(O)CC4)cc3C2)ccc1O. The number of aliphatic hydroxyl groups is 1. The lowest BCUT2D eigenvalue weighted by Crippen LogP contribution is -2.35. The summed E-state index contributed by atoms with van der Waals surface area (Å²) in [6, 6.07) is 11.9. The van der Waals surface area contributed by atoms with E-state index in [0.717, 1.165) is 63.4 Å². The van der Waals surface area contributed by atoms with Gasteiger partial charge in [0.1, 0.15) is 12.4 Å². The van der Waals surface area contributed by atoms with Crippen molar-refractivity contribution < 1.29 is 19.7 Å². The first-order chi connectivity index (χ1) is 15.1. The number of aliphatic hydroxyl groups excluding tert-OH is 1. The number of ether oxygens (including phenoxy) is 2. The van der Waals surface area contributed by atoms with Gasteiger partial charge in [0.15, 0.2) is 11.5 Å². The predicted molar refractivity (Wildman–Crippen MR) is 121 cm³/mol. The van der Waals surface area contributed by atoms with Crippen LogP contribution in [-0.4, -0.2) is 66.0 Å². The Kier molecular flexibility index (Phi) is 7.12. The number of hydrogen-bond donors (Lipinski definition) is 2. The second kappa shape index (κ2) is 10.2. The zero-order valence-electron chi connectivity index (χ0n) is 18.2. The van der Waals surface area contributed by atoms with E-state index in [1.807, 2.05) is 12.1 Å². The molecule has 0 unspecified atom stereocenters. The molecule has 2 aromatic carbocycles. The molecule has 1 saturated heterocycles. The fraction of sp³-hybridized carbons (Fsp3) is 0.440. The zero-order chi connectivity index (χ0) is 21.6. The molecule has 0 aromatic heterocycles. The summed E-state index contributed by atoms with van der Waals surface area (Å²) in [4.78, 5) is 4.79. The number of methoxy groups -OCH3 is 1. The molecule has 2 aromatic rings. The standard InChI is InChI=1S/C25H32N2O4/c1-30-25-16-19(4-6-23(25)29)3-2-10-26-13-14-31-24-7-5-20(15-21(24)18-26)17-27-11-8-22(28)9-12-27/h2-7,15-16,22,28-29H,8-14,17-18H2,1H3. The highest BCUT2D eigenvalue weighted by atomic mass is 16.5. The van der Waals surface area contributed by atoms with Gasteiger partial charge in [-0.05, 0) is 48.2 Å². The number of likely N-dealkylation sites (tertiary alicyclic amines) is 1. The fourth-order valence-corrected chi connectivity index (χ4v) is 4.23. The van der Waals surface area contributed by atoms with Crippen LogP contribution in [0.1, 0.15) is 29.5 Å². The van der Waals surface area contributed by atoms with Crippen molar-refractivity contribution in [3.8, 4) is 17.2 Å². The normalized spacial score (nSPS) is 18.5. The van der Waals surface area contributed by atoms with Gasteiger partial charge in [0.2, 0.25) is 0 Å². The molecule has 1 fully saturated rings. The van der Waals surface area contributed by atoms with Crippen LogP contribution in [0, 0.1) is 0 Å². The lowest BCUT2D eigenvalue weighted by atomic mass is 10.1. The van der Waals surface area contributed by atoms with Crippen molar-refractivity contribution in [1.82, 2.24) is 9.80 Å². The van der Waals surface area contributed by atoms with Crippen LogP contribution < -0.4 is 9.47 Å². The highest BCUT2D eigenvalue weighted by Crippen LogP contribution is 2.27. The number of phenols is 1. The third kappa shape index (κ3) is 5.79. The van der Waals surface area contributed by atoms with Gasteiger partial charge in [-0.25, -0.2) is 0 Å². The van der Waals surface area contributed by atoms with Crippen LogP contribution >= 0.6 is 0 Å². The molecule has 0 aliphatic carbocycles. The number of piperidine rings is 1. The number of benzene rings is 2. The van der Waals surface area contributed by atoms with Gasteiger partial charge in [0.05, 0.1) is 13.2 Å². The number of aromatic hydroxyl groups is 1. The van der Waals surface area contributed by atoms with Gasteiger partial charge in [-0.15, -0.1) is 0 Å². The van der Waals surface area contributed by atoms with Gasteiger partial charge >= 0.3 is 0 Å². The van der Waals surface area contributed by atoms with Crippen molar-refractivity contribution in [3.05, 3.63) is 59.2 Å². The van der Waals surface area contributed by atoms with E-state index in [2.05, 4.69) is 40.2 Å². The molecule has 31 heavy (non-hydrogen) atoms. The van der Waals surface area contributed by atoms with Gasteiger partial charge in [-0.3, -0.25) is 9.80 Å². The van der Waals surface area contributed by atoms with Gasteiger partial charge in [-0.1, -0.05) is 24.3 Å². The number of nitrogens with zero attached hydrogens (tertiary/aromatic N) is 2. The summed E-state index contributed by atoms with van der Waals surface area (Å²) in [5, 5.41) is 19.5. The Morgan fingerprint density at radius 2 is 1.94 bits per heavy atom. The van der Waals surface area contributed by atoms with Crippen LogP contribution in [0.15, 0.2) is 42.5 Å². The highest BCUT2D eigenvalue weighted by molar-refractivity contribution is 5.55. The average Bonchev–Trinajstić information content (AvgIpc) is 2.98. The fourth-order valence-electron chi connectivity index (χ4n) is 4.23. The van der Waals surface area contributed by atoms with Crippen molar-refractivity contribution in [2.24, 2.45) is 0 Å². The lowest BCUT2D eigenvalue weighted by molar-refractivity contribution is 0.0792. The predicted octanol–water partition coefficient (Wildman–Crippen LogP) is 3.27. The van der Waals surface area contributed by atoms with E-state index < -0.39 is 0 Å². The summed E-state index contributed by atoms with van der Waals surface area (Å²) in [5.41, 5.74) is 3.52. The molecule has 166 valence electrons. The summed E-state index contributed by atoms with van der Waals surface area (Å²) in [7, 11) is 1.56. The minimum absolute atomic E-state index is 0.138. The van der Waals surface area contributed by atoms with E-state index in [1.165, 1.54) is 11.1 Å². The second-order valence-corrected chi connectivity index (χ2v) is 8.37. The maximum absolute atomic E-state index is 9.74. The Bertz CT molecular complexity index is 906. The molecule has 4 rings (SSSR count). The van der Waals surface area contributed by atoms with E-state index in [-0.39, 0.29) is 11.9 Å². The highest BCUT2D eigenvalue weighted by Gasteiger charge is 2.19. The van der Waals surface area contributed by atoms with E-state index in [1.54, 1.807) is 13.2 Å². The largest absolute Gasteiger partial charge is 0.504 e. The van der Waals surface area contributed by atoms with Crippen LogP contribution in [0.4, 0.5) is 0 Å². The number of rotatable bonds is 6. The summed E-state index contributed by atoms with van der Waals surface area (Å²) >= 11 is 0. The molecule has 2 aliphatic rings.